The van der Waals surface area contributed by atoms with Crippen LogP contribution in [-0.2, 0) is 11.3 Å². The van der Waals surface area contributed by atoms with Gasteiger partial charge in [0.15, 0.2) is 0 Å². The average molecular weight is 309 g/mol. The minimum Gasteiger partial charge on any atom is -0.480 e. The predicted octanol–water partition coefficient (Wildman–Crippen LogP) is 4.02. The Morgan fingerprint density at radius 2 is 1.74 bits per heavy atom. The van der Waals surface area contributed by atoms with Gasteiger partial charge in [-0.1, -0.05) is 53.6 Å². The highest BCUT2D eigenvalue weighted by atomic mass is 16.4. The normalized spacial score (nSPS) is 18.3. The van der Waals surface area contributed by atoms with Gasteiger partial charge < -0.3 is 5.11 Å². The maximum absolute atomic E-state index is 11.3. The molecule has 0 saturated carbocycles. The van der Waals surface area contributed by atoms with Gasteiger partial charge in [-0.2, -0.15) is 0 Å². The third-order valence-corrected chi connectivity index (χ3v) is 4.54. The number of carboxylic acid groups (broad SMARTS) is 1. The molecule has 1 aliphatic heterocycles. The Hall–Kier alpha value is -2.13. The Labute approximate surface area is 137 Å². The van der Waals surface area contributed by atoms with E-state index in [1.807, 2.05) is 0 Å². The van der Waals surface area contributed by atoms with Gasteiger partial charge in [0.05, 0.1) is 0 Å². The van der Waals surface area contributed by atoms with E-state index in [0.717, 1.165) is 19.4 Å². The second kappa shape index (κ2) is 6.55. The summed E-state index contributed by atoms with van der Waals surface area (Å²) in [5, 5.41) is 9.26. The van der Waals surface area contributed by atoms with Crippen LogP contribution >= 0.6 is 0 Å². The molecule has 1 fully saturated rings. The fourth-order valence-corrected chi connectivity index (χ4v) is 3.47. The van der Waals surface area contributed by atoms with Crippen molar-refractivity contribution in [2.75, 3.05) is 6.54 Å². The summed E-state index contributed by atoms with van der Waals surface area (Å²) in [5.41, 5.74) is 6.15. The van der Waals surface area contributed by atoms with Gasteiger partial charge in [-0.3, -0.25) is 9.69 Å². The van der Waals surface area contributed by atoms with Crippen LogP contribution < -0.4 is 0 Å². The van der Waals surface area contributed by atoms with Crippen LogP contribution in [0.5, 0.6) is 0 Å². The largest absolute Gasteiger partial charge is 0.480 e. The van der Waals surface area contributed by atoms with Crippen LogP contribution in [0.3, 0.4) is 0 Å². The monoisotopic (exact) mass is 309 g/mol. The lowest BCUT2D eigenvalue weighted by Crippen LogP contribution is -2.35. The van der Waals surface area contributed by atoms with Crippen molar-refractivity contribution in [3.05, 3.63) is 59.2 Å². The first-order chi connectivity index (χ1) is 11.0. The van der Waals surface area contributed by atoms with Crippen LogP contribution in [0.1, 0.15) is 29.5 Å². The Kier molecular flexibility index (Phi) is 4.49. The molecule has 3 heteroatoms. The molecule has 2 aromatic carbocycles. The van der Waals surface area contributed by atoms with Gasteiger partial charge in [-0.05, 0) is 49.9 Å². The molecule has 120 valence electrons. The summed E-state index contributed by atoms with van der Waals surface area (Å²) in [6.45, 7) is 5.81. The predicted molar refractivity (Wildman–Crippen MR) is 92.4 cm³/mol. The second-order valence-corrected chi connectivity index (χ2v) is 6.54. The van der Waals surface area contributed by atoms with Crippen LogP contribution in [-0.4, -0.2) is 28.6 Å². The van der Waals surface area contributed by atoms with Gasteiger partial charge in [0.1, 0.15) is 6.04 Å². The zero-order chi connectivity index (χ0) is 16.4. The van der Waals surface area contributed by atoms with Crippen molar-refractivity contribution >= 4 is 5.97 Å². The summed E-state index contributed by atoms with van der Waals surface area (Å²) in [7, 11) is 0. The Bertz CT molecular complexity index is 686. The fraction of sp³-hybridized carbons (Fsp3) is 0.350. The molecule has 1 atom stereocenters. The smallest absolute Gasteiger partial charge is 0.320 e. The first-order valence-electron chi connectivity index (χ1n) is 8.17. The van der Waals surface area contributed by atoms with Crippen LogP contribution in [0.4, 0.5) is 0 Å². The third-order valence-electron chi connectivity index (χ3n) is 4.54. The summed E-state index contributed by atoms with van der Waals surface area (Å²) in [5.74, 6) is -0.700. The number of hydrogen-bond donors (Lipinski definition) is 1. The number of hydrogen-bond acceptors (Lipinski definition) is 2. The summed E-state index contributed by atoms with van der Waals surface area (Å²) in [6, 6.07) is 14.7. The molecule has 1 unspecified atom stereocenters. The molecule has 3 rings (SSSR count). The molecule has 0 aliphatic carbocycles. The number of rotatable bonds is 4. The topological polar surface area (TPSA) is 40.5 Å². The number of carbonyl (C=O) groups is 1. The fourth-order valence-electron chi connectivity index (χ4n) is 3.47. The van der Waals surface area contributed by atoms with E-state index in [1.165, 1.54) is 27.8 Å². The Balaban J connectivity index is 1.76. The number of likely N-dealkylation sites (tertiary alicyclic amines) is 1. The van der Waals surface area contributed by atoms with E-state index in [1.54, 1.807) is 0 Å². The van der Waals surface area contributed by atoms with Crippen molar-refractivity contribution in [3.63, 3.8) is 0 Å². The lowest BCUT2D eigenvalue weighted by Gasteiger charge is -2.21. The van der Waals surface area contributed by atoms with E-state index in [9.17, 15) is 9.90 Å². The molecule has 0 radical (unpaired) electrons. The first-order valence-corrected chi connectivity index (χ1v) is 8.17. The highest BCUT2D eigenvalue weighted by Crippen LogP contribution is 2.24. The molecule has 1 heterocycles. The maximum atomic E-state index is 11.3. The van der Waals surface area contributed by atoms with Crippen molar-refractivity contribution < 1.29 is 9.90 Å². The second-order valence-electron chi connectivity index (χ2n) is 6.54. The summed E-state index contributed by atoms with van der Waals surface area (Å²) in [4.78, 5) is 13.3. The minimum atomic E-state index is -0.700. The van der Waals surface area contributed by atoms with E-state index in [0.29, 0.717) is 6.54 Å². The van der Waals surface area contributed by atoms with E-state index in [2.05, 4.69) is 61.2 Å². The molecule has 0 aromatic heterocycles. The van der Waals surface area contributed by atoms with Crippen LogP contribution in [0.2, 0.25) is 0 Å². The average Bonchev–Trinajstić information content (AvgIpc) is 2.95. The molecule has 3 nitrogen and oxygen atoms in total. The van der Waals surface area contributed by atoms with Crippen LogP contribution in [0.25, 0.3) is 11.1 Å². The lowest BCUT2D eigenvalue weighted by atomic mass is 9.99. The SMILES string of the molecule is Cc1cc(C)cc(-c2ccc(CN3CCCC3C(=O)O)cc2)c1. The zero-order valence-electron chi connectivity index (χ0n) is 13.7. The lowest BCUT2D eigenvalue weighted by molar-refractivity contribution is -0.142. The molecule has 0 amide bonds. The quantitative estimate of drug-likeness (QED) is 0.927. The molecule has 1 N–H and O–H groups in total. The highest BCUT2D eigenvalue weighted by molar-refractivity contribution is 5.73. The van der Waals surface area contributed by atoms with Gasteiger partial charge in [0, 0.05) is 6.54 Å². The van der Waals surface area contributed by atoms with Gasteiger partial charge in [0.25, 0.3) is 0 Å². The number of carboxylic acids is 1. The van der Waals surface area contributed by atoms with Gasteiger partial charge >= 0.3 is 5.97 Å². The third kappa shape index (κ3) is 3.62. The van der Waals surface area contributed by atoms with Crippen molar-refractivity contribution in [2.45, 2.75) is 39.3 Å². The number of benzene rings is 2. The maximum Gasteiger partial charge on any atom is 0.320 e. The number of aliphatic carboxylic acids is 1. The van der Waals surface area contributed by atoms with E-state index >= 15 is 0 Å². The number of aryl methyl sites for hydroxylation is 2. The minimum absolute atomic E-state index is 0.325. The van der Waals surface area contributed by atoms with Gasteiger partial charge in [-0.25, -0.2) is 0 Å². The zero-order valence-corrected chi connectivity index (χ0v) is 13.7. The van der Waals surface area contributed by atoms with E-state index in [-0.39, 0.29) is 6.04 Å². The van der Waals surface area contributed by atoms with Crippen LogP contribution in [0, 0.1) is 13.8 Å². The van der Waals surface area contributed by atoms with Gasteiger partial charge in [-0.15, -0.1) is 0 Å². The Morgan fingerprint density at radius 3 is 2.35 bits per heavy atom. The van der Waals surface area contributed by atoms with E-state index in [4.69, 9.17) is 0 Å². The molecule has 23 heavy (non-hydrogen) atoms. The molecule has 1 aliphatic rings. The number of nitrogens with zero attached hydrogens (tertiary/aromatic N) is 1. The summed E-state index contributed by atoms with van der Waals surface area (Å²) in [6.07, 6.45) is 1.73. The summed E-state index contributed by atoms with van der Waals surface area (Å²) < 4.78 is 0. The summed E-state index contributed by atoms with van der Waals surface area (Å²) >= 11 is 0. The van der Waals surface area contributed by atoms with Crippen molar-refractivity contribution in [1.82, 2.24) is 4.90 Å². The van der Waals surface area contributed by atoms with Crippen molar-refractivity contribution in [3.8, 4) is 11.1 Å². The van der Waals surface area contributed by atoms with Crippen molar-refractivity contribution in [1.29, 1.82) is 0 Å². The first kappa shape index (κ1) is 15.8. The Morgan fingerprint density at radius 1 is 1.09 bits per heavy atom. The molecule has 2 aromatic rings. The standard InChI is InChI=1S/C20H23NO2/c1-14-10-15(2)12-18(11-14)17-7-5-16(6-8-17)13-21-9-3-4-19(21)20(22)23/h5-8,10-12,19H,3-4,9,13H2,1-2H3,(H,22,23). The molecular formula is C20H23NO2. The van der Waals surface area contributed by atoms with Crippen LogP contribution in [0.15, 0.2) is 42.5 Å². The van der Waals surface area contributed by atoms with E-state index < -0.39 is 5.97 Å². The molecular weight excluding hydrogens is 286 g/mol. The van der Waals surface area contributed by atoms with Gasteiger partial charge in [0.2, 0.25) is 0 Å². The van der Waals surface area contributed by atoms with Crippen molar-refractivity contribution in [2.24, 2.45) is 0 Å². The highest BCUT2D eigenvalue weighted by Gasteiger charge is 2.30. The molecule has 0 bridgehead atoms. The molecule has 1 saturated heterocycles. The molecule has 0 spiro atoms.